The summed E-state index contributed by atoms with van der Waals surface area (Å²) >= 11 is 5.82. The van der Waals surface area contributed by atoms with Gasteiger partial charge in [-0.25, -0.2) is 0 Å². The highest BCUT2D eigenvalue weighted by atomic mass is 35.5. The Balaban J connectivity index is 2.10. The minimum Gasteiger partial charge on any atom is -0.473 e. The van der Waals surface area contributed by atoms with Gasteiger partial charge in [-0.15, -0.1) is 0 Å². The molecule has 0 bridgehead atoms. The largest absolute Gasteiger partial charge is 0.473 e. The number of nitrogens with zero attached hydrogens (tertiary/aromatic N) is 1. The number of pyridine rings is 1. The number of aromatic nitrogens is 1. The van der Waals surface area contributed by atoms with Crippen LogP contribution in [0.4, 0.5) is 5.69 Å². The average molecular weight is 241 g/mol. The van der Waals surface area contributed by atoms with Crippen LogP contribution < -0.4 is 10.5 Å². The number of ether oxygens (including phenoxy) is 1. The molecule has 3 nitrogen and oxygen atoms in total. The SMILES string of the molecule is CC1CCCCC1Oc1nc(Cl)ccc1N. The van der Waals surface area contributed by atoms with Crippen molar-refractivity contribution in [2.45, 2.75) is 38.7 Å². The molecule has 2 rings (SSSR count). The Hall–Kier alpha value is -0.960. The van der Waals surface area contributed by atoms with Gasteiger partial charge in [-0.1, -0.05) is 24.9 Å². The summed E-state index contributed by atoms with van der Waals surface area (Å²) in [6.07, 6.45) is 5.02. The summed E-state index contributed by atoms with van der Waals surface area (Å²) in [5.41, 5.74) is 6.36. The van der Waals surface area contributed by atoms with Crippen LogP contribution in [0.15, 0.2) is 12.1 Å². The highest BCUT2D eigenvalue weighted by molar-refractivity contribution is 6.29. The molecule has 88 valence electrons. The van der Waals surface area contributed by atoms with Crippen molar-refractivity contribution in [2.75, 3.05) is 5.73 Å². The Labute approximate surface area is 101 Å². The molecule has 0 aliphatic heterocycles. The normalized spacial score (nSPS) is 25.4. The number of hydrogen-bond donors (Lipinski definition) is 1. The van der Waals surface area contributed by atoms with Gasteiger partial charge in [0.1, 0.15) is 11.3 Å². The van der Waals surface area contributed by atoms with Gasteiger partial charge in [0.25, 0.3) is 0 Å². The van der Waals surface area contributed by atoms with Crippen LogP contribution in [0, 0.1) is 5.92 Å². The first-order valence-electron chi connectivity index (χ1n) is 5.75. The van der Waals surface area contributed by atoms with Crippen molar-refractivity contribution in [1.82, 2.24) is 4.98 Å². The Morgan fingerprint density at radius 3 is 2.88 bits per heavy atom. The first-order chi connectivity index (χ1) is 7.66. The van der Waals surface area contributed by atoms with Crippen molar-refractivity contribution in [1.29, 1.82) is 0 Å². The van der Waals surface area contributed by atoms with Crippen LogP contribution in [-0.4, -0.2) is 11.1 Å². The van der Waals surface area contributed by atoms with Crippen molar-refractivity contribution in [3.8, 4) is 5.88 Å². The monoisotopic (exact) mass is 240 g/mol. The molecule has 0 amide bonds. The number of rotatable bonds is 2. The first kappa shape index (κ1) is 11.5. The van der Waals surface area contributed by atoms with Gasteiger partial charge in [-0.2, -0.15) is 4.98 Å². The third-order valence-electron chi connectivity index (χ3n) is 3.15. The standard InChI is InChI=1S/C12H17ClN2O/c1-8-4-2-3-5-10(8)16-12-9(14)6-7-11(13)15-12/h6-8,10H,2-5,14H2,1H3. The number of anilines is 1. The predicted molar refractivity (Wildman–Crippen MR) is 65.7 cm³/mol. The van der Waals surface area contributed by atoms with E-state index in [1.165, 1.54) is 19.3 Å². The fourth-order valence-electron chi connectivity index (χ4n) is 2.12. The molecule has 2 unspecified atom stereocenters. The summed E-state index contributed by atoms with van der Waals surface area (Å²) in [5, 5.41) is 0.424. The molecule has 0 radical (unpaired) electrons. The number of nitrogens with two attached hydrogens (primary N) is 1. The molecule has 1 aliphatic rings. The predicted octanol–water partition coefficient (Wildman–Crippen LogP) is 3.27. The summed E-state index contributed by atoms with van der Waals surface area (Å²) in [5.74, 6) is 1.04. The Morgan fingerprint density at radius 1 is 1.38 bits per heavy atom. The molecule has 2 atom stereocenters. The molecule has 1 heterocycles. The summed E-state index contributed by atoms with van der Waals surface area (Å²) in [7, 11) is 0. The van der Waals surface area contributed by atoms with Crippen molar-refractivity contribution in [3.05, 3.63) is 17.3 Å². The van der Waals surface area contributed by atoms with Crippen molar-refractivity contribution >= 4 is 17.3 Å². The molecule has 1 aromatic heterocycles. The molecule has 0 spiro atoms. The lowest BCUT2D eigenvalue weighted by molar-refractivity contribution is 0.0985. The van der Waals surface area contributed by atoms with E-state index >= 15 is 0 Å². The van der Waals surface area contributed by atoms with Gasteiger partial charge >= 0.3 is 0 Å². The lowest BCUT2D eigenvalue weighted by atomic mass is 9.88. The number of halogens is 1. The maximum atomic E-state index is 5.86. The van der Waals surface area contributed by atoms with E-state index in [2.05, 4.69) is 11.9 Å². The van der Waals surface area contributed by atoms with Gasteiger partial charge in [0, 0.05) is 0 Å². The zero-order valence-corrected chi connectivity index (χ0v) is 10.2. The Kier molecular flexibility index (Phi) is 3.54. The second-order valence-corrected chi connectivity index (χ2v) is 4.83. The van der Waals surface area contributed by atoms with Crippen LogP contribution in [0.3, 0.4) is 0 Å². The Bertz CT molecular complexity index is 370. The van der Waals surface area contributed by atoms with Crippen molar-refractivity contribution < 1.29 is 4.74 Å². The van der Waals surface area contributed by atoms with Gasteiger partial charge in [0.2, 0.25) is 5.88 Å². The quantitative estimate of drug-likeness (QED) is 0.807. The fraction of sp³-hybridized carbons (Fsp3) is 0.583. The molecule has 0 saturated heterocycles. The second-order valence-electron chi connectivity index (χ2n) is 4.45. The molecule has 0 aromatic carbocycles. The van der Waals surface area contributed by atoms with E-state index in [4.69, 9.17) is 22.1 Å². The van der Waals surface area contributed by atoms with E-state index in [-0.39, 0.29) is 6.10 Å². The van der Waals surface area contributed by atoms with E-state index in [9.17, 15) is 0 Å². The molecule has 1 saturated carbocycles. The molecular formula is C12H17ClN2O. The molecule has 2 N–H and O–H groups in total. The molecule has 16 heavy (non-hydrogen) atoms. The summed E-state index contributed by atoms with van der Waals surface area (Å²) in [6.45, 7) is 2.21. The van der Waals surface area contributed by atoms with Crippen LogP contribution in [0.5, 0.6) is 5.88 Å². The van der Waals surface area contributed by atoms with E-state index < -0.39 is 0 Å². The zero-order chi connectivity index (χ0) is 11.5. The maximum absolute atomic E-state index is 5.86. The van der Waals surface area contributed by atoms with Crippen LogP contribution in [0.2, 0.25) is 5.15 Å². The minimum atomic E-state index is 0.224. The van der Waals surface area contributed by atoms with E-state index in [0.717, 1.165) is 6.42 Å². The summed E-state index contributed by atoms with van der Waals surface area (Å²) < 4.78 is 5.86. The van der Waals surface area contributed by atoms with Crippen LogP contribution in [-0.2, 0) is 0 Å². The lowest BCUT2D eigenvalue weighted by Crippen LogP contribution is -2.28. The first-order valence-corrected chi connectivity index (χ1v) is 6.13. The highest BCUT2D eigenvalue weighted by Gasteiger charge is 2.24. The van der Waals surface area contributed by atoms with Crippen LogP contribution in [0.1, 0.15) is 32.6 Å². The van der Waals surface area contributed by atoms with Crippen LogP contribution in [0.25, 0.3) is 0 Å². The van der Waals surface area contributed by atoms with Gasteiger partial charge < -0.3 is 10.5 Å². The minimum absolute atomic E-state index is 0.224. The lowest BCUT2D eigenvalue weighted by Gasteiger charge is -2.29. The van der Waals surface area contributed by atoms with Gasteiger partial charge in [0.15, 0.2) is 0 Å². The maximum Gasteiger partial charge on any atom is 0.238 e. The van der Waals surface area contributed by atoms with Gasteiger partial charge in [-0.05, 0) is 37.3 Å². The zero-order valence-electron chi connectivity index (χ0n) is 9.45. The molecular weight excluding hydrogens is 224 g/mol. The van der Waals surface area contributed by atoms with E-state index in [1.807, 2.05) is 0 Å². The van der Waals surface area contributed by atoms with E-state index in [0.29, 0.717) is 22.6 Å². The third-order valence-corrected chi connectivity index (χ3v) is 3.36. The summed E-state index contributed by atoms with van der Waals surface area (Å²) in [4.78, 5) is 4.12. The van der Waals surface area contributed by atoms with Gasteiger partial charge in [0.05, 0.1) is 5.69 Å². The van der Waals surface area contributed by atoms with Gasteiger partial charge in [-0.3, -0.25) is 0 Å². The van der Waals surface area contributed by atoms with E-state index in [1.54, 1.807) is 12.1 Å². The molecule has 1 aromatic rings. The second kappa shape index (κ2) is 4.91. The number of nitrogen functional groups attached to an aromatic ring is 1. The fourth-order valence-corrected chi connectivity index (χ4v) is 2.26. The third kappa shape index (κ3) is 2.59. The average Bonchev–Trinajstić information content (AvgIpc) is 2.27. The van der Waals surface area contributed by atoms with Crippen LogP contribution >= 0.6 is 11.6 Å². The smallest absolute Gasteiger partial charge is 0.238 e. The number of hydrogen-bond acceptors (Lipinski definition) is 3. The van der Waals surface area contributed by atoms with Crippen molar-refractivity contribution in [3.63, 3.8) is 0 Å². The molecule has 4 heteroatoms. The molecule has 1 fully saturated rings. The highest BCUT2D eigenvalue weighted by Crippen LogP contribution is 2.30. The topological polar surface area (TPSA) is 48.1 Å². The van der Waals surface area contributed by atoms with Crippen molar-refractivity contribution in [2.24, 2.45) is 5.92 Å². The summed E-state index contributed by atoms with van der Waals surface area (Å²) in [6, 6.07) is 3.41. The Morgan fingerprint density at radius 2 is 2.12 bits per heavy atom. The molecule has 1 aliphatic carbocycles.